The van der Waals surface area contributed by atoms with Gasteiger partial charge >= 0.3 is 0 Å². The number of nitrogens with one attached hydrogen (secondary N) is 2. The Kier molecular flexibility index (Phi) is 8.78. The Morgan fingerprint density at radius 1 is 1.48 bits per heavy atom. The third-order valence-electron chi connectivity index (χ3n) is 3.39. The van der Waals surface area contributed by atoms with Gasteiger partial charge < -0.3 is 10.6 Å². The highest BCUT2D eigenvalue weighted by atomic mass is 35.5. The Hall–Kier alpha value is -0.360. The number of carbonyl (C=O) groups is 1. The van der Waals surface area contributed by atoms with Crippen LogP contribution in [0, 0.1) is 5.92 Å². The number of halogens is 2. The number of amides is 1. The number of aromatic nitrogens is 1. The zero-order chi connectivity index (χ0) is 13.9. The molecule has 1 amide bonds. The molecule has 0 saturated carbocycles. The van der Waals surface area contributed by atoms with Crippen LogP contribution in [0.5, 0.6) is 0 Å². The molecule has 0 radical (unpaired) electrons. The molecule has 0 aromatic carbocycles. The number of carbonyl (C=O) groups excluding carboxylic acids is 1. The van der Waals surface area contributed by atoms with Crippen LogP contribution in [0.2, 0.25) is 0 Å². The molecule has 1 unspecified atom stereocenters. The summed E-state index contributed by atoms with van der Waals surface area (Å²) in [5.74, 6) is 0.332. The first kappa shape index (κ1) is 20.6. The van der Waals surface area contributed by atoms with E-state index in [0.717, 1.165) is 36.6 Å². The molecule has 0 aliphatic carbocycles. The van der Waals surface area contributed by atoms with Gasteiger partial charge in [0, 0.05) is 30.3 Å². The number of hydrogen-bond donors (Lipinski definition) is 2. The van der Waals surface area contributed by atoms with Crippen molar-refractivity contribution in [2.75, 3.05) is 19.6 Å². The SMILES string of the molecule is CC(C)(C)c1csc(CCNC(=O)C2CCNC2)n1.Cl.Cl. The predicted octanol–water partition coefficient (Wildman–Crippen LogP) is 2.55. The van der Waals surface area contributed by atoms with Gasteiger partial charge in [0.15, 0.2) is 0 Å². The summed E-state index contributed by atoms with van der Waals surface area (Å²) >= 11 is 1.69. The molecular weight excluding hydrogens is 329 g/mol. The van der Waals surface area contributed by atoms with E-state index < -0.39 is 0 Å². The smallest absolute Gasteiger partial charge is 0.224 e. The fourth-order valence-corrected chi connectivity index (χ4v) is 3.11. The molecule has 2 rings (SSSR count). The molecule has 1 fully saturated rings. The van der Waals surface area contributed by atoms with Gasteiger partial charge in [-0.1, -0.05) is 20.8 Å². The van der Waals surface area contributed by atoms with E-state index in [1.807, 2.05) is 0 Å². The van der Waals surface area contributed by atoms with Gasteiger partial charge in [0.2, 0.25) is 5.91 Å². The first-order valence-electron chi connectivity index (χ1n) is 6.90. The lowest BCUT2D eigenvalue weighted by atomic mass is 9.93. The van der Waals surface area contributed by atoms with Crippen molar-refractivity contribution in [3.63, 3.8) is 0 Å². The van der Waals surface area contributed by atoms with Crippen LogP contribution in [0.15, 0.2) is 5.38 Å². The van der Waals surface area contributed by atoms with Gasteiger partial charge in [-0.05, 0) is 13.0 Å². The zero-order valence-electron chi connectivity index (χ0n) is 12.8. The highest BCUT2D eigenvalue weighted by molar-refractivity contribution is 7.09. The molecule has 21 heavy (non-hydrogen) atoms. The summed E-state index contributed by atoms with van der Waals surface area (Å²) in [4.78, 5) is 16.5. The minimum atomic E-state index is 0. The van der Waals surface area contributed by atoms with Gasteiger partial charge in [-0.3, -0.25) is 4.79 Å². The molecule has 1 aliphatic heterocycles. The molecule has 122 valence electrons. The van der Waals surface area contributed by atoms with Crippen molar-refractivity contribution < 1.29 is 4.79 Å². The van der Waals surface area contributed by atoms with Gasteiger partial charge in [0.1, 0.15) is 0 Å². The van der Waals surface area contributed by atoms with Crippen LogP contribution in [-0.2, 0) is 16.6 Å². The largest absolute Gasteiger partial charge is 0.355 e. The van der Waals surface area contributed by atoms with Crippen LogP contribution < -0.4 is 10.6 Å². The van der Waals surface area contributed by atoms with Gasteiger partial charge in [0.05, 0.1) is 16.6 Å². The maximum atomic E-state index is 11.8. The number of rotatable bonds is 4. The van der Waals surface area contributed by atoms with Crippen molar-refractivity contribution in [3.8, 4) is 0 Å². The fraction of sp³-hybridized carbons (Fsp3) is 0.714. The lowest BCUT2D eigenvalue weighted by Gasteiger charge is -2.14. The van der Waals surface area contributed by atoms with E-state index in [4.69, 9.17) is 0 Å². The number of thiazole rings is 1. The van der Waals surface area contributed by atoms with E-state index in [1.54, 1.807) is 11.3 Å². The van der Waals surface area contributed by atoms with Crippen molar-refractivity contribution >= 4 is 42.1 Å². The summed E-state index contributed by atoms with van der Waals surface area (Å²) in [7, 11) is 0. The Balaban J connectivity index is 0.00000200. The Labute approximate surface area is 143 Å². The standard InChI is InChI=1S/C14H23N3OS.2ClH/c1-14(2,3)11-9-19-12(17-11)5-7-16-13(18)10-4-6-15-8-10;;/h9-10,15H,4-8H2,1-3H3,(H,16,18);2*1H. The Morgan fingerprint density at radius 2 is 2.19 bits per heavy atom. The molecule has 4 nitrogen and oxygen atoms in total. The van der Waals surface area contributed by atoms with Crippen molar-refractivity contribution in [2.24, 2.45) is 5.92 Å². The molecule has 1 atom stereocenters. The maximum Gasteiger partial charge on any atom is 0.224 e. The molecule has 1 aliphatic rings. The van der Waals surface area contributed by atoms with Crippen molar-refractivity contribution in [1.29, 1.82) is 0 Å². The average Bonchev–Trinajstić information content (AvgIpc) is 2.99. The lowest BCUT2D eigenvalue weighted by molar-refractivity contribution is -0.124. The second-order valence-corrected chi connectivity index (χ2v) is 7.05. The topological polar surface area (TPSA) is 54.0 Å². The summed E-state index contributed by atoms with van der Waals surface area (Å²) in [6, 6.07) is 0. The van der Waals surface area contributed by atoms with E-state index in [0.29, 0.717) is 6.54 Å². The van der Waals surface area contributed by atoms with Crippen molar-refractivity contribution in [2.45, 2.75) is 39.0 Å². The second-order valence-electron chi connectivity index (χ2n) is 6.11. The summed E-state index contributed by atoms with van der Waals surface area (Å²) in [6.45, 7) is 8.96. The normalized spacial score (nSPS) is 17.8. The monoisotopic (exact) mass is 353 g/mol. The highest BCUT2D eigenvalue weighted by Gasteiger charge is 2.22. The third-order valence-corrected chi connectivity index (χ3v) is 4.30. The Bertz CT molecular complexity index is 440. The third kappa shape index (κ3) is 6.10. The van der Waals surface area contributed by atoms with Gasteiger partial charge in [-0.25, -0.2) is 4.98 Å². The lowest BCUT2D eigenvalue weighted by Crippen LogP contribution is -2.33. The minimum absolute atomic E-state index is 0. The van der Waals surface area contributed by atoms with Gasteiger partial charge in [-0.15, -0.1) is 36.2 Å². The van der Waals surface area contributed by atoms with E-state index in [1.165, 1.54) is 0 Å². The number of hydrogen-bond acceptors (Lipinski definition) is 4. The zero-order valence-corrected chi connectivity index (χ0v) is 15.2. The van der Waals surface area contributed by atoms with E-state index in [2.05, 4.69) is 41.8 Å². The molecule has 2 heterocycles. The van der Waals surface area contributed by atoms with Gasteiger partial charge in [0.25, 0.3) is 0 Å². The van der Waals surface area contributed by atoms with E-state index in [9.17, 15) is 4.79 Å². The first-order valence-corrected chi connectivity index (χ1v) is 7.78. The van der Waals surface area contributed by atoms with Crippen LogP contribution >= 0.6 is 36.2 Å². The molecule has 0 bridgehead atoms. The van der Waals surface area contributed by atoms with E-state index >= 15 is 0 Å². The molecule has 7 heteroatoms. The fourth-order valence-electron chi connectivity index (χ4n) is 2.09. The van der Waals surface area contributed by atoms with Crippen LogP contribution in [-0.4, -0.2) is 30.5 Å². The summed E-state index contributed by atoms with van der Waals surface area (Å²) in [5.41, 5.74) is 1.24. The average molecular weight is 354 g/mol. The number of nitrogens with zero attached hydrogens (tertiary/aromatic N) is 1. The summed E-state index contributed by atoms with van der Waals surface area (Å²) < 4.78 is 0. The summed E-state index contributed by atoms with van der Waals surface area (Å²) in [6.07, 6.45) is 1.78. The van der Waals surface area contributed by atoms with Crippen molar-refractivity contribution in [1.82, 2.24) is 15.6 Å². The van der Waals surface area contributed by atoms with Crippen LogP contribution in [0.4, 0.5) is 0 Å². The van der Waals surface area contributed by atoms with Crippen molar-refractivity contribution in [3.05, 3.63) is 16.1 Å². The van der Waals surface area contributed by atoms with Crippen LogP contribution in [0.3, 0.4) is 0 Å². The maximum absolute atomic E-state index is 11.8. The van der Waals surface area contributed by atoms with Crippen LogP contribution in [0.25, 0.3) is 0 Å². The predicted molar refractivity (Wildman–Crippen MR) is 93.0 cm³/mol. The molecular formula is C14H25Cl2N3OS. The second kappa shape index (κ2) is 8.93. The van der Waals surface area contributed by atoms with E-state index in [-0.39, 0.29) is 42.1 Å². The molecule has 0 spiro atoms. The molecule has 1 aromatic rings. The molecule has 1 saturated heterocycles. The Morgan fingerprint density at radius 3 is 2.71 bits per heavy atom. The molecule has 2 N–H and O–H groups in total. The van der Waals surface area contributed by atoms with Crippen LogP contribution in [0.1, 0.15) is 37.9 Å². The quantitative estimate of drug-likeness (QED) is 0.874. The highest BCUT2D eigenvalue weighted by Crippen LogP contribution is 2.23. The summed E-state index contributed by atoms with van der Waals surface area (Å²) in [5, 5.41) is 9.45. The minimum Gasteiger partial charge on any atom is -0.355 e. The van der Waals surface area contributed by atoms with Gasteiger partial charge in [-0.2, -0.15) is 0 Å². The first-order chi connectivity index (χ1) is 8.97. The molecule has 1 aromatic heterocycles.